The van der Waals surface area contributed by atoms with Crippen LogP contribution in [-0.4, -0.2) is 30.5 Å². The van der Waals surface area contributed by atoms with Crippen LogP contribution in [-0.2, 0) is 6.54 Å². The second-order valence-electron chi connectivity index (χ2n) is 5.59. The number of carbonyl (C=O) groups is 2. The number of Topliss-reactive ketones (excluding diaryl/α,β-unsaturated/α-hetero) is 1. The van der Waals surface area contributed by atoms with Gasteiger partial charge in [-0.1, -0.05) is 30.3 Å². The van der Waals surface area contributed by atoms with Crippen LogP contribution in [0.2, 0.25) is 0 Å². The van der Waals surface area contributed by atoms with E-state index < -0.39 is 5.91 Å². The normalized spacial score (nSPS) is 11.3. The molecule has 0 aliphatic heterocycles. The second-order valence-corrected chi connectivity index (χ2v) is 6.46. The van der Waals surface area contributed by atoms with Gasteiger partial charge in [-0.15, -0.1) is 11.3 Å². The van der Waals surface area contributed by atoms with Crippen LogP contribution in [0.15, 0.2) is 65.1 Å². The van der Waals surface area contributed by atoms with Crippen LogP contribution in [0.3, 0.4) is 0 Å². The van der Waals surface area contributed by atoms with Gasteiger partial charge in [0.15, 0.2) is 22.1 Å². The molecule has 3 aromatic rings. The third-order valence-electron chi connectivity index (χ3n) is 3.90. The van der Waals surface area contributed by atoms with E-state index in [0.717, 1.165) is 0 Å². The van der Waals surface area contributed by atoms with Crippen molar-refractivity contribution in [3.8, 4) is 11.5 Å². The number of methoxy groups -OCH3 is 2. The lowest BCUT2D eigenvalue weighted by Gasteiger charge is -2.07. The first kappa shape index (κ1) is 18.6. The topological polar surface area (TPSA) is 69.9 Å². The van der Waals surface area contributed by atoms with Crippen molar-refractivity contribution in [2.75, 3.05) is 14.2 Å². The van der Waals surface area contributed by atoms with E-state index in [0.29, 0.717) is 27.4 Å². The summed E-state index contributed by atoms with van der Waals surface area (Å²) in [6, 6.07) is 13.9. The second kappa shape index (κ2) is 8.46. The van der Waals surface area contributed by atoms with Gasteiger partial charge in [-0.2, -0.15) is 4.99 Å². The summed E-state index contributed by atoms with van der Waals surface area (Å²) in [5.41, 5.74) is 0.996. The number of carbonyl (C=O) groups excluding carboxylic acids is 2. The first-order valence-corrected chi connectivity index (χ1v) is 9.03. The van der Waals surface area contributed by atoms with E-state index in [2.05, 4.69) is 4.99 Å². The molecule has 138 valence electrons. The molecule has 1 amide bonds. The molecule has 2 aromatic carbocycles. The van der Waals surface area contributed by atoms with Crippen molar-refractivity contribution < 1.29 is 19.1 Å². The number of ether oxygens (including phenoxy) is 2. The maximum absolute atomic E-state index is 12.5. The minimum atomic E-state index is -0.417. The van der Waals surface area contributed by atoms with Crippen molar-refractivity contribution >= 4 is 23.0 Å². The summed E-state index contributed by atoms with van der Waals surface area (Å²) in [5.74, 6) is 0.527. The zero-order chi connectivity index (χ0) is 19.2. The van der Waals surface area contributed by atoms with Gasteiger partial charge in [0.1, 0.15) is 0 Å². The summed E-state index contributed by atoms with van der Waals surface area (Å²) < 4.78 is 12.1. The average Bonchev–Trinajstić information content (AvgIpc) is 3.14. The Morgan fingerprint density at radius 1 is 1.00 bits per heavy atom. The fourth-order valence-electron chi connectivity index (χ4n) is 2.50. The molecular formula is C20H18N2O4S. The van der Waals surface area contributed by atoms with Crippen LogP contribution in [0.4, 0.5) is 0 Å². The van der Waals surface area contributed by atoms with E-state index in [1.807, 2.05) is 18.2 Å². The Kier molecular flexibility index (Phi) is 5.83. The lowest BCUT2D eigenvalue weighted by atomic mass is 10.1. The molecule has 1 aromatic heterocycles. The minimum absolute atomic E-state index is 0.0472. The quantitative estimate of drug-likeness (QED) is 0.614. The fourth-order valence-corrected chi connectivity index (χ4v) is 3.22. The third-order valence-corrected chi connectivity index (χ3v) is 4.69. The van der Waals surface area contributed by atoms with Gasteiger partial charge in [0.2, 0.25) is 0 Å². The van der Waals surface area contributed by atoms with Crippen LogP contribution in [0.25, 0.3) is 0 Å². The number of hydrogen-bond acceptors (Lipinski definition) is 5. The average molecular weight is 382 g/mol. The number of hydrogen-bond donors (Lipinski definition) is 0. The van der Waals surface area contributed by atoms with Gasteiger partial charge < -0.3 is 14.0 Å². The molecular weight excluding hydrogens is 364 g/mol. The summed E-state index contributed by atoms with van der Waals surface area (Å²) in [4.78, 5) is 29.6. The van der Waals surface area contributed by atoms with E-state index in [-0.39, 0.29) is 12.3 Å². The van der Waals surface area contributed by atoms with Gasteiger partial charge in [0.05, 0.1) is 20.8 Å². The number of thiazole rings is 1. The molecule has 3 rings (SSSR count). The molecule has 0 radical (unpaired) electrons. The van der Waals surface area contributed by atoms with E-state index in [1.54, 1.807) is 46.5 Å². The largest absolute Gasteiger partial charge is 0.493 e. The number of benzene rings is 2. The number of ketones is 1. The molecule has 27 heavy (non-hydrogen) atoms. The minimum Gasteiger partial charge on any atom is -0.493 e. The summed E-state index contributed by atoms with van der Waals surface area (Å²) in [6.45, 7) is 0.117. The van der Waals surface area contributed by atoms with Crippen LogP contribution in [0.1, 0.15) is 20.7 Å². The van der Waals surface area contributed by atoms with Gasteiger partial charge in [-0.25, -0.2) is 0 Å². The zero-order valence-corrected chi connectivity index (χ0v) is 15.7. The molecule has 0 aliphatic carbocycles. The fraction of sp³-hybridized carbons (Fsp3) is 0.150. The highest BCUT2D eigenvalue weighted by atomic mass is 32.1. The predicted molar refractivity (Wildman–Crippen MR) is 103 cm³/mol. The van der Waals surface area contributed by atoms with Crippen LogP contribution < -0.4 is 14.3 Å². The highest BCUT2D eigenvalue weighted by Gasteiger charge is 2.12. The monoisotopic (exact) mass is 382 g/mol. The Morgan fingerprint density at radius 3 is 2.44 bits per heavy atom. The molecule has 0 saturated heterocycles. The first-order chi connectivity index (χ1) is 13.1. The molecule has 0 unspecified atom stereocenters. The molecule has 0 saturated carbocycles. The predicted octanol–water partition coefficient (Wildman–Crippen LogP) is 3.19. The van der Waals surface area contributed by atoms with Gasteiger partial charge in [0.25, 0.3) is 5.91 Å². The Balaban J connectivity index is 1.85. The van der Waals surface area contributed by atoms with Crippen molar-refractivity contribution in [2.45, 2.75) is 6.54 Å². The number of amides is 1. The van der Waals surface area contributed by atoms with E-state index >= 15 is 0 Å². The smallest absolute Gasteiger partial charge is 0.279 e. The van der Waals surface area contributed by atoms with Gasteiger partial charge in [-0.3, -0.25) is 9.59 Å². The maximum atomic E-state index is 12.5. The number of aromatic nitrogens is 1. The summed E-state index contributed by atoms with van der Waals surface area (Å²) in [7, 11) is 3.04. The van der Waals surface area contributed by atoms with E-state index in [4.69, 9.17) is 9.47 Å². The van der Waals surface area contributed by atoms with Crippen molar-refractivity contribution in [3.63, 3.8) is 0 Å². The van der Waals surface area contributed by atoms with E-state index in [1.165, 1.54) is 25.6 Å². The molecule has 0 spiro atoms. The lowest BCUT2D eigenvalue weighted by Crippen LogP contribution is -2.21. The Morgan fingerprint density at radius 2 is 1.74 bits per heavy atom. The molecule has 0 bridgehead atoms. The molecule has 0 N–H and O–H groups in total. The summed E-state index contributed by atoms with van der Waals surface area (Å²) in [6.07, 6.45) is 1.74. The third kappa shape index (κ3) is 4.32. The van der Waals surface area contributed by atoms with Crippen molar-refractivity contribution in [1.29, 1.82) is 0 Å². The highest BCUT2D eigenvalue weighted by Crippen LogP contribution is 2.27. The summed E-state index contributed by atoms with van der Waals surface area (Å²) >= 11 is 1.29. The lowest BCUT2D eigenvalue weighted by molar-refractivity contribution is 0.0963. The maximum Gasteiger partial charge on any atom is 0.279 e. The van der Waals surface area contributed by atoms with Crippen LogP contribution in [0, 0.1) is 0 Å². The highest BCUT2D eigenvalue weighted by molar-refractivity contribution is 7.07. The molecule has 7 heteroatoms. The van der Waals surface area contributed by atoms with Crippen molar-refractivity contribution in [2.24, 2.45) is 4.99 Å². The summed E-state index contributed by atoms with van der Waals surface area (Å²) in [5, 5.41) is 1.79. The van der Waals surface area contributed by atoms with E-state index in [9.17, 15) is 9.59 Å². The number of rotatable bonds is 6. The Bertz CT molecular complexity index is 1020. The van der Waals surface area contributed by atoms with Crippen molar-refractivity contribution in [1.82, 2.24) is 4.57 Å². The molecule has 0 atom stereocenters. The van der Waals surface area contributed by atoms with Gasteiger partial charge >= 0.3 is 0 Å². The Hall–Kier alpha value is -3.19. The number of nitrogens with zero attached hydrogens (tertiary/aromatic N) is 2. The molecule has 1 heterocycles. The zero-order valence-electron chi connectivity index (χ0n) is 14.9. The standard InChI is InChI=1S/C20H18N2O4S/c1-25-17-9-8-15(12-18(17)26-2)19(24)21-20-22(10-11-27-20)13-16(23)14-6-4-3-5-7-14/h3-12H,13H2,1-2H3. The van der Waals surface area contributed by atoms with Crippen LogP contribution in [0.5, 0.6) is 11.5 Å². The van der Waals surface area contributed by atoms with Gasteiger partial charge in [0, 0.05) is 22.7 Å². The van der Waals surface area contributed by atoms with Crippen LogP contribution >= 0.6 is 11.3 Å². The molecule has 6 nitrogen and oxygen atoms in total. The molecule has 0 aliphatic rings. The molecule has 0 fully saturated rings. The first-order valence-electron chi connectivity index (χ1n) is 8.15. The SMILES string of the molecule is COc1ccc(C(=O)N=c2sccn2CC(=O)c2ccccc2)cc1OC. The van der Waals surface area contributed by atoms with Crippen molar-refractivity contribution in [3.05, 3.63) is 76.0 Å². The van der Waals surface area contributed by atoms with Gasteiger partial charge in [-0.05, 0) is 18.2 Å². The Labute approximate surface area is 160 Å².